The minimum absolute atomic E-state index is 0.114. The lowest BCUT2D eigenvalue weighted by molar-refractivity contribution is -0.144. The molecule has 0 saturated carbocycles. The van der Waals surface area contributed by atoms with Gasteiger partial charge in [-0.25, -0.2) is 4.98 Å². The molecule has 0 bridgehead atoms. The van der Waals surface area contributed by atoms with Gasteiger partial charge in [-0.3, -0.25) is 14.2 Å². The molecule has 6 heteroatoms. The van der Waals surface area contributed by atoms with Crippen LogP contribution in [0.1, 0.15) is 31.1 Å². The van der Waals surface area contributed by atoms with Crippen molar-refractivity contribution in [2.24, 2.45) is 0 Å². The summed E-state index contributed by atoms with van der Waals surface area (Å²) in [6.45, 7) is 4.36. The molecule has 0 fully saturated rings. The molecular weight excluding hydrogens is 348 g/mol. The zero-order valence-corrected chi connectivity index (χ0v) is 15.8. The fraction of sp³-hybridized carbons (Fsp3) is 0.350. The third kappa shape index (κ3) is 3.85. The van der Waals surface area contributed by atoms with Gasteiger partial charge in [-0.15, -0.1) is 11.3 Å². The highest BCUT2D eigenvalue weighted by Gasteiger charge is 2.17. The number of carbonyl (C=O) groups is 1. The van der Waals surface area contributed by atoms with E-state index >= 15 is 0 Å². The number of fused-ring (bicyclic) bond motifs is 1. The molecule has 1 aromatic carbocycles. The Hall–Kier alpha value is -2.47. The van der Waals surface area contributed by atoms with Gasteiger partial charge in [-0.2, -0.15) is 0 Å². The summed E-state index contributed by atoms with van der Waals surface area (Å²) >= 11 is 1.49. The average molecular weight is 370 g/mol. The maximum atomic E-state index is 13.0. The van der Waals surface area contributed by atoms with Crippen LogP contribution in [0.15, 0.2) is 41.5 Å². The lowest BCUT2D eigenvalue weighted by Crippen LogP contribution is -2.25. The molecule has 2 heterocycles. The topological polar surface area (TPSA) is 61.2 Å². The van der Waals surface area contributed by atoms with Gasteiger partial charge in [0.25, 0.3) is 5.56 Å². The highest BCUT2D eigenvalue weighted by Crippen LogP contribution is 2.35. The van der Waals surface area contributed by atoms with E-state index in [2.05, 4.69) is 11.9 Å². The fourth-order valence-corrected chi connectivity index (χ4v) is 3.93. The largest absolute Gasteiger partial charge is 0.464 e. The standard InChI is InChI=1S/C20H22N2O3S/c1-3-4-8-11-25-16(23)12-22-13-21-19-18(20(22)24)17(14(2)26-19)15-9-6-5-7-10-15/h5-7,9-10,13H,3-4,8,11-12H2,1-2H3. The van der Waals surface area contributed by atoms with E-state index in [-0.39, 0.29) is 12.1 Å². The number of rotatable bonds is 7. The zero-order valence-electron chi connectivity index (χ0n) is 15.0. The second-order valence-electron chi connectivity index (χ2n) is 6.18. The Morgan fingerprint density at radius 1 is 1.23 bits per heavy atom. The van der Waals surface area contributed by atoms with Crippen LogP contribution < -0.4 is 5.56 Å². The summed E-state index contributed by atoms with van der Waals surface area (Å²) in [6, 6.07) is 9.79. The maximum Gasteiger partial charge on any atom is 0.326 e. The monoisotopic (exact) mass is 370 g/mol. The molecule has 5 nitrogen and oxygen atoms in total. The zero-order chi connectivity index (χ0) is 18.5. The number of hydrogen-bond donors (Lipinski definition) is 0. The van der Waals surface area contributed by atoms with Gasteiger partial charge in [0.05, 0.1) is 18.3 Å². The number of ether oxygens (including phenoxy) is 1. The molecule has 0 atom stereocenters. The van der Waals surface area contributed by atoms with E-state index in [1.54, 1.807) is 0 Å². The Bertz CT molecular complexity index is 960. The Morgan fingerprint density at radius 2 is 2.00 bits per heavy atom. The summed E-state index contributed by atoms with van der Waals surface area (Å²) in [5.41, 5.74) is 1.67. The van der Waals surface area contributed by atoms with E-state index in [1.807, 2.05) is 37.3 Å². The van der Waals surface area contributed by atoms with Gasteiger partial charge >= 0.3 is 5.97 Å². The van der Waals surface area contributed by atoms with Crippen molar-refractivity contribution in [3.05, 3.63) is 51.9 Å². The van der Waals surface area contributed by atoms with E-state index in [1.165, 1.54) is 22.2 Å². The normalized spacial score (nSPS) is 11.0. The average Bonchev–Trinajstić information content (AvgIpc) is 2.99. The quantitative estimate of drug-likeness (QED) is 0.463. The van der Waals surface area contributed by atoms with E-state index in [4.69, 9.17) is 4.74 Å². The molecule has 26 heavy (non-hydrogen) atoms. The number of thiophene rings is 1. The number of aryl methyl sites for hydroxylation is 1. The van der Waals surface area contributed by atoms with Crippen molar-refractivity contribution in [2.75, 3.05) is 6.61 Å². The molecule has 3 rings (SSSR count). The van der Waals surface area contributed by atoms with Crippen LogP contribution in [0.3, 0.4) is 0 Å². The first-order valence-corrected chi connectivity index (χ1v) is 9.63. The molecule has 136 valence electrons. The van der Waals surface area contributed by atoms with Crippen molar-refractivity contribution in [2.45, 2.75) is 39.7 Å². The second kappa shape index (κ2) is 8.27. The fourth-order valence-electron chi connectivity index (χ4n) is 2.93. The number of hydrogen-bond acceptors (Lipinski definition) is 5. The smallest absolute Gasteiger partial charge is 0.326 e. The van der Waals surface area contributed by atoms with Crippen molar-refractivity contribution in [3.63, 3.8) is 0 Å². The van der Waals surface area contributed by atoms with Gasteiger partial charge in [0, 0.05) is 10.4 Å². The van der Waals surface area contributed by atoms with E-state index in [0.29, 0.717) is 16.8 Å². The molecule has 0 spiro atoms. The first-order valence-electron chi connectivity index (χ1n) is 8.81. The number of benzene rings is 1. The van der Waals surface area contributed by atoms with Crippen LogP contribution in [-0.4, -0.2) is 22.1 Å². The van der Waals surface area contributed by atoms with Gasteiger partial charge < -0.3 is 4.74 Å². The first-order chi connectivity index (χ1) is 12.6. The van der Waals surface area contributed by atoms with Gasteiger partial charge in [-0.1, -0.05) is 50.1 Å². The summed E-state index contributed by atoms with van der Waals surface area (Å²) in [4.78, 5) is 31.1. The summed E-state index contributed by atoms with van der Waals surface area (Å²) in [7, 11) is 0. The van der Waals surface area contributed by atoms with Crippen LogP contribution in [0.2, 0.25) is 0 Å². The molecule has 0 aliphatic rings. The Labute approximate surface area is 156 Å². The molecule has 0 aliphatic carbocycles. The molecule has 0 N–H and O–H groups in total. The summed E-state index contributed by atoms with van der Waals surface area (Å²) in [5, 5.41) is 0.569. The van der Waals surface area contributed by atoms with Crippen LogP contribution in [-0.2, 0) is 16.1 Å². The second-order valence-corrected chi connectivity index (χ2v) is 7.39. The maximum absolute atomic E-state index is 13.0. The van der Waals surface area contributed by atoms with Crippen LogP contribution in [0, 0.1) is 6.92 Å². The van der Waals surface area contributed by atoms with Crippen LogP contribution in [0.25, 0.3) is 21.3 Å². The van der Waals surface area contributed by atoms with E-state index in [9.17, 15) is 9.59 Å². The van der Waals surface area contributed by atoms with Crippen molar-refractivity contribution >= 4 is 27.5 Å². The number of carbonyl (C=O) groups excluding carboxylic acids is 1. The Balaban J connectivity index is 1.91. The molecule has 0 unspecified atom stereocenters. The first kappa shape index (κ1) is 18.3. The number of nitrogens with zero attached hydrogens (tertiary/aromatic N) is 2. The summed E-state index contributed by atoms with van der Waals surface area (Å²) < 4.78 is 6.55. The van der Waals surface area contributed by atoms with Crippen molar-refractivity contribution in [3.8, 4) is 11.1 Å². The van der Waals surface area contributed by atoms with Crippen molar-refractivity contribution in [1.82, 2.24) is 9.55 Å². The van der Waals surface area contributed by atoms with Crippen molar-refractivity contribution < 1.29 is 9.53 Å². The van der Waals surface area contributed by atoms with E-state index in [0.717, 1.165) is 35.3 Å². The number of esters is 1. The number of aromatic nitrogens is 2. The van der Waals surface area contributed by atoms with Gasteiger partial charge in [0.2, 0.25) is 0 Å². The molecule has 3 aromatic rings. The van der Waals surface area contributed by atoms with Crippen LogP contribution in [0.5, 0.6) is 0 Å². The number of unbranched alkanes of at least 4 members (excludes halogenated alkanes) is 2. The molecule has 0 radical (unpaired) electrons. The van der Waals surface area contributed by atoms with Crippen molar-refractivity contribution in [1.29, 1.82) is 0 Å². The van der Waals surface area contributed by atoms with Gasteiger partial charge in [0.15, 0.2) is 0 Å². The predicted octanol–water partition coefficient (Wildman–Crippen LogP) is 4.17. The lowest BCUT2D eigenvalue weighted by atomic mass is 10.0. The van der Waals surface area contributed by atoms with E-state index < -0.39 is 5.97 Å². The highest BCUT2D eigenvalue weighted by atomic mass is 32.1. The molecule has 0 saturated heterocycles. The third-order valence-corrected chi connectivity index (χ3v) is 5.24. The van der Waals surface area contributed by atoms with Gasteiger partial charge in [0.1, 0.15) is 11.4 Å². The molecule has 0 aliphatic heterocycles. The SMILES string of the molecule is CCCCCOC(=O)Cn1cnc2sc(C)c(-c3ccccc3)c2c1=O. The molecular formula is C20H22N2O3S. The summed E-state index contributed by atoms with van der Waals surface area (Å²) in [5.74, 6) is -0.405. The Morgan fingerprint density at radius 3 is 2.73 bits per heavy atom. The van der Waals surface area contributed by atoms with Crippen LogP contribution in [0.4, 0.5) is 0 Å². The van der Waals surface area contributed by atoms with Crippen LogP contribution >= 0.6 is 11.3 Å². The molecule has 0 amide bonds. The Kier molecular flexibility index (Phi) is 5.83. The third-order valence-electron chi connectivity index (χ3n) is 4.23. The minimum Gasteiger partial charge on any atom is -0.464 e. The summed E-state index contributed by atoms with van der Waals surface area (Å²) in [6.07, 6.45) is 4.37. The minimum atomic E-state index is -0.405. The van der Waals surface area contributed by atoms with Gasteiger partial charge in [-0.05, 0) is 18.9 Å². The lowest BCUT2D eigenvalue weighted by Gasteiger charge is -2.07. The molecule has 2 aromatic heterocycles. The predicted molar refractivity (Wildman–Crippen MR) is 105 cm³/mol. The highest BCUT2D eigenvalue weighted by molar-refractivity contribution is 7.19.